The molecule has 0 saturated carbocycles. The normalized spacial score (nSPS) is 17.3. The quantitative estimate of drug-likeness (QED) is 0.632. The summed E-state index contributed by atoms with van der Waals surface area (Å²) in [5.41, 5.74) is 4.24. The van der Waals surface area contributed by atoms with E-state index in [-0.39, 0.29) is 12.0 Å². The SMILES string of the molecule is CC(=O)N1CCCc2cc3c(c(Br)c21)CCN(C(=O)OC(C)(C)C)CC3. The van der Waals surface area contributed by atoms with Gasteiger partial charge in [0, 0.05) is 31.0 Å². The molecule has 2 amide bonds. The van der Waals surface area contributed by atoms with Crippen LogP contribution in [0.3, 0.4) is 0 Å². The van der Waals surface area contributed by atoms with E-state index < -0.39 is 5.60 Å². The minimum atomic E-state index is -0.488. The molecule has 0 radical (unpaired) electrons. The van der Waals surface area contributed by atoms with Gasteiger partial charge in [0.1, 0.15) is 5.60 Å². The molecule has 2 aliphatic rings. The number of anilines is 1. The Morgan fingerprint density at radius 2 is 1.77 bits per heavy atom. The highest BCUT2D eigenvalue weighted by atomic mass is 79.9. The summed E-state index contributed by atoms with van der Waals surface area (Å²) < 4.78 is 6.55. The standard InChI is InChI=1S/C20H27BrN2O3/c1-13(24)23-9-5-6-15-12-14-7-10-22(19(25)26-20(2,3)4)11-8-16(14)17(21)18(15)23/h12H,5-11H2,1-4H3. The molecule has 5 nitrogen and oxygen atoms in total. The van der Waals surface area contributed by atoms with Crippen molar-refractivity contribution in [1.29, 1.82) is 0 Å². The fraction of sp³-hybridized carbons (Fsp3) is 0.600. The molecule has 3 rings (SSSR count). The van der Waals surface area contributed by atoms with Crippen LogP contribution in [0.4, 0.5) is 10.5 Å². The number of hydrogen-bond donors (Lipinski definition) is 0. The molecule has 0 aromatic heterocycles. The molecular weight excluding hydrogens is 396 g/mol. The zero-order valence-corrected chi connectivity index (χ0v) is 17.6. The lowest BCUT2D eigenvalue weighted by molar-refractivity contribution is -0.116. The van der Waals surface area contributed by atoms with E-state index in [0.717, 1.165) is 42.4 Å². The van der Waals surface area contributed by atoms with Crippen LogP contribution in [0, 0.1) is 0 Å². The van der Waals surface area contributed by atoms with Gasteiger partial charge in [0.25, 0.3) is 0 Å². The summed E-state index contributed by atoms with van der Waals surface area (Å²) >= 11 is 3.77. The second kappa shape index (κ2) is 7.22. The van der Waals surface area contributed by atoms with Crippen molar-refractivity contribution >= 4 is 33.6 Å². The number of nitrogens with zero attached hydrogens (tertiary/aromatic N) is 2. The highest BCUT2D eigenvalue weighted by Gasteiger charge is 2.29. The number of rotatable bonds is 0. The van der Waals surface area contributed by atoms with Gasteiger partial charge >= 0.3 is 6.09 Å². The molecule has 0 spiro atoms. The molecule has 142 valence electrons. The van der Waals surface area contributed by atoms with Crippen LogP contribution in [-0.4, -0.2) is 42.1 Å². The number of fused-ring (bicyclic) bond motifs is 2. The molecule has 2 heterocycles. The Balaban J connectivity index is 1.88. The van der Waals surface area contributed by atoms with E-state index in [9.17, 15) is 9.59 Å². The van der Waals surface area contributed by atoms with E-state index in [0.29, 0.717) is 13.1 Å². The Labute approximate surface area is 163 Å². The van der Waals surface area contributed by atoms with Crippen LogP contribution in [-0.2, 0) is 28.8 Å². The number of ether oxygens (including phenoxy) is 1. The molecule has 0 unspecified atom stereocenters. The van der Waals surface area contributed by atoms with Gasteiger partial charge in [-0.3, -0.25) is 4.79 Å². The number of amides is 2. The van der Waals surface area contributed by atoms with Crippen molar-refractivity contribution in [2.45, 2.75) is 59.0 Å². The Kier molecular flexibility index (Phi) is 5.33. The molecule has 26 heavy (non-hydrogen) atoms. The highest BCUT2D eigenvalue weighted by molar-refractivity contribution is 9.10. The molecule has 0 saturated heterocycles. The lowest BCUT2D eigenvalue weighted by Gasteiger charge is -2.31. The van der Waals surface area contributed by atoms with Crippen molar-refractivity contribution in [3.8, 4) is 0 Å². The van der Waals surface area contributed by atoms with Crippen molar-refractivity contribution in [2.75, 3.05) is 24.5 Å². The predicted octanol–water partition coefficient (Wildman–Crippen LogP) is 4.08. The number of carbonyl (C=O) groups excluding carboxylic acids is 2. The van der Waals surface area contributed by atoms with Gasteiger partial charge in [-0.25, -0.2) is 4.79 Å². The van der Waals surface area contributed by atoms with E-state index >= 15 is 0 Å². The van der Waals surface area contributed by atoms with Crippen molar-refractivity contribution in [1.82, 2.24) is 4.90 Å². The van der Waals surface area contributed by atoms with Crippen LogP contribution in [0.1, 0.15) is 50.8 Å². The monoisotopic (exact) mass is 422 g/mol. The van der Waals surface area contributed by atoms with Crippen LogP contribution >= 0.6 is 15.9 Å². The van der Waals surface area contributed by atoms with Crippen LogP contribution in [0.5, 0.6) is 0 Å². The van der Waals surface area contributed by atoms with Crippen LogP contribution in [0.25, 0.3) is 0 Å². The molecule has 1 aromatic rings. The molecule has 0 fully saturated rings. The second-order valence-corrected chi connectivity index (χ2v) is 8.87. The largest absolute Gasteiger partial charge is 0.444 e. The highest BCUT2D eigenvalue weighted by Crippen LogP contribution is 2.40. The number of halogens is 1. The topological polar surface area (TPSA) is 49.9 Å². The Morgan fingerprint density at radius 3 is 2.42 bits per heavy atom. The zero-order chi connectivity index (χ0) is 19.1. The second-order valence-electron chi connectivity index (χ2n) is 8.08. The van der Waals surface area contributed by atoms with E-state index in [1.165, 1.54) is 16.7 Å². The van der Waals surface area contributed by atoms with E-state index in [2.05, 4.69) is 22.0 Å². The minimum absolute atomic E-state index is 0.0793. The predicted molar refractivity (Wildman–Crippen MR) is 106 cm³/mol. The van der Waals surface area contributed by atoms with Gasteiger partial charge in [0.2, 0.25) is 5.91 Å². The average molecular weight is 423 g/mol. The summed E-state index contributed by atoms with van der Waals surface area (Å²) in [7, 11) is 0. The van der Waals surface area contributed by atoms with Gasteiger partial charge in [-0.05, 0) is 79.1 Å². The Morgan fingerprint density at radius 1 is 1.08 bits per heavy atom. The maximum atomic E-state index is 12.4. The first-order valence-corrected chi connectivity index (χ1v) is 10.1. The van der Waals surface area contributed by atoms with E-state index in [4.69, 9.17) is 4.74 Å². The maximum Gasteiger partial charge on any atom is 0.410 e. The number of aryl methyl sites for hydroxylation is 1. The van der Waals surface area contributed by atoms with Gasteiger partial charge in [0.15, 0.2) is 0 Å². The average Bonchev–Trinajstić information content (AvgIpc) is 2.75. The first-order chi connectivity index (χ1) is 12.2. The molecule has 0 atom stereocenters. The molecule has 6 heteroatoms. The van der Waals surface area contributed by atoms with Gasteiger partial charge in [-0.2, -0.15) is 0 Å². The van der Waals surface area contributed by atoms with Gasteiger partial charge < -0.3 is 14.5 Å². The summed E-state index contributed by atoms with van der Waals surface area (Å²) in [5, 5.41) is 0. The Hall–Kier alpha value is -1.56. The van der Waals surface area contributed by atoms with Gasteiger partial charge in [0.05, 0.1) is 5.69 Å². The van der Waals surface area contributed by atoms with Crippen LogP contribution < -0.4 is 4.90 Å². The van der Waals surface area contributed by atoms with Gasteiger partial charge in [-0.1, -0.05) is 6.07 Å². The first-order valence-electron chi connectivity index (χ1n) is 9.26. The lowest BCUT2D eigenvalue weighted by atomic mass is 9.93. The summed E-state index contributed by atoms with van der Waals surface area (Å²) in [5.74, 6) is 0.0793. The van der Waals surface area contributed by atoms with E-state index in [1.54, 1.807) is 11.8 Å². The summed E-state index contributed by atoms with van der Waals surface area (Å²) in [4.78, 5) is 28.2. The van der Waals surface area contributed by atoms with Crippen LogP contribution in [0.15, 0.2) is 10.5 Å². The summed E-state index contributed by atoms with van der Waals surface area (Å²) in [6, 6.07) is 2.24. The lowest BCUT2D eigenvalue weighted by Crippen LogP contribution is -2.38. The number of hydrogen-bond acceptors (Lipinski definition) is 3. The Bertz CT molecular complexity index is 740. The van der Waals surface area contributed by atoms with Crippen molar-refractivity contribution in [3.63, 3.8) is 0 Å². The molecular formula is C20H27BrN2O3. The van der Waals surface area contributed by atoms with Crippen molar-refractivity contribution in [3.05, 3.63) is 27.2 Å². The molecule has 0 aliphatic carbocycles. The maximum absolute atomic E-state index is 12.4. The zero-order valence-electron chi connectivity index (χ0n) is 16.0. The minimum Gasteiger partial charge on any atom is -0.444 e. The third-order valence-electron chi connectivity index (χ3n) is 4.93. The number of carbonyl (C=O) groups is 2. The fourth-order valence-corrected chi connectivity index (χ4v) is 4.67. The van der Waals surface area contributed by atoms with E-state index in [1.807, 2.05) is 25.7 Å². The molecule has 0 bridgehead atoms. The van der Waals surface area contributed by atoms with Crippen molar-refractivity contribution < 1.29 is 14.3 Å². The number of benzene rings is 1. The van der Waals surface area contributed by atoms with Gasteiger partial charge in [-0.15, -0.1) is 0 Å². The third-order valence-corrected chi connectivity index (χ3v) is 5.78. The summed E-state index contributed by atoms with van der Waals surface area (Å²) in [6.45, 7) is 9.33. The smallest absolute Gasteiger partial charge is 0.410 e. The molecule has 2 aliphatic heterocycles. The fourth-order valence-electron chi connectivity index (χ4n) is 3.74. The molecule has 0 N–H and O–H groups in total. The first kappa shape index (κ1) is 19.2. The van der Waals surface area contributed by atoms with Crippen LogP contribution in [0.2, 0.25) is 0 Å². The van der Waals surface area contributed by atoms with Crippen molar-refractivity contribution in [2.24, 2.45) is 0 Å². The molecule has 1 aromatic carbocycles. The third kappa shape index (κ3) is 3.90. The summed E-state index contributed by atoms with van der Waals surface area (Å²) in [6.07, 6.45) is 3.29.